The normalized spacial score (nSPS) is 12.1. The lowest BCUT2D eigenvalue weighted by molar-refractivity contribution is -0.147. The van der Waals surface area contributed by atoms with Crippen molar-refractivity contribution in [2.75, 3.05) is 19.8 Å². The molecule has 0 aliphatic carbocycles. The largest absolute Gasteiger partial charge is 0.504 e. The fourth-order valence-electron chi connectivity index (χ4n) is 2.95. The Balaban J connectivity index is 1.91. The van der Waals surface area contributed by atoms with E-state index in [2.05, 4.69) is 0 Å². The van der Waals surface area contributed by atoms with Gasteiger partial charge in [-0.25, -0.2) is 4.79 Å². The SMILES string of the molecule is O=C(C=Cc1ccc(O)c(O)c1)OCCCCCCCCCCCC(=O)OCC(O)CO. The van der Waals surface area contributed by atoms with Crippen LogP contribution in [0.25, 0.3) is 6.08 Å². The molecule has 32 heavy (non-hydrogen) atoms. The molecule has 0 fully saturated rings. The second-order valence-corrected chi connectivity index (χ2v) is 7.70. The van der Waals surface area contributed by atoms with Gasteiger partial charge in [-0.1, -0.05) is 51.0 Å². The van der Waals surface area contributed by atoms with E-state index in [0.29, 0.717) is 18.6 Å². The Bertz CT molecular complexity index is 701. The first-order valence-corrected chi connectivity index (χ1v) is 11.2. The van der Waals surface area contributed by atoms with Gasteiger partial charge in [0, 0.05) is 12.5 Å². The highest BCUT2D eigenvalue weighted by Gasteiger charge is 2.07. The number of carbonyl (C=O) groups is 2. The predicted molar refractivity (Wildman–Crippen MR) is 120 cm³/mol. The molecular weight excluding hydrogens is 416 g/mol. The first kappa shape index (κ1) is 27.5. The van der Waals surface area contributed by atoms with E-state index in [9.17, 15) is 19.8 Å². The van der Waals surface area contributed by atoms with Crippen LogP contribution in [-0.4, -0.2) is 58.3 Å². The van der Waals surface area contributed by atoms with E-state index in [4.69, 9.17) is 19.7 Å². The van der Waals surface area contributed by atoms with Crippen LogP contribution < -0.4 is 0 Å². The van der Waals surface area contributed by atoms with Crippen molar-refractivity contribution in [2.24, 2.45) is 0 Å². The number of benzene rings is 1. The Morgan fingerprint density at radius 1 is 0.875 bits per heavy atom. The molecule has 0 aliphatic heterocycles. The number of carbonyl (C=O) groups excluding carboxylic acids is 2. The smallest absolute Gasteiger partial charge is 0.330 e. The molecule has 0 aliphatic rings. The van der Waals surface area contributed by atoms with Gasteiger partial charge in [0.25, 0.3) is 0 Å². The fourth-order valence-corrected chi connectivity index (χ4v) is 2.95. The summed E-state index contributed by atoms with van der Waals surface area (Å²) in [6.07, 6.45) is 11.2. The molecule has 0 amide bonds. The Hall–Kier alpha value is -2.58. The summed E-state index contributed by atoms with van der Waals surface area (Å²) in [5.74, 6) is -1.23. The van der Waals surface area contributed by atoms with E-state index >= 15 is 0 Å². The molecule has 1 aromatic rings. The molecule has 1 atom stereocenters. The van der Waals surface area contributed by atoms with Crippen LogP contribution in [0.3, 0.4) is 0 Å². The second kappa shape index (κ2) is 17.0. The highest BCUT2D eigenvalue weighted by atomic mass is 16.5. The lowest BCUT2D eigenvalue weighted by Crippen LogP contribution is -2.21. The quantitative estimate of drug-likeness (QED) is 0.122. The highest BCUT2D eigenvalue weighted by molar-refractivity contribution is 5.87. The lowest BCUT2D eigenvalue weighted by atomic mass is 10.1. The van der Waals surface area contributed by atoms with Crippen molar-refractivity contribution in [3.63, 3.8) is 0 Å². The summed E-state index contributed by atoms with van der Waals surface area (Å²) >= 11 is 0. The van der Waals surface area contributed by atoms with Gasteiger partial charge < -0.3 is 29.9 Å². The number of esters is 2. The minimum Gasteiger partial charge on any atom is -0.504 e. The van der Waals surface area contributed by atoms with Crippen LogP contribution in [-0.2, 0) is 19.1 Å². The Kier molecular flexibility index (Phi) is 14.6. The summed E-state index contributed by atoms with van der Waals surface area (Å²) in [4.78, 5) is 23.1. The van der Waals surface area contributed by atoms with Crippen LogP contribution in [0.5, 0.6) is 11.5 Å². The third-order valence-electron chi connectivity index (χ3n) is 4.83. The molecule has 0 heterocycles. The number of phenolic OH excluding ortho intramolecular Hbond substituents is 2. The number of hydrogen-bond acceptors (Lipinski definition) is 8. The maximum Gasteiger partial charge on any atom is 0.330 e. The van der Waals surface area contributed by atoms with Crippen molar-refractivity contribution < 1.29 is 39.5 Å². The molecule has 0 aromatic heterocycles. The zero-order chi connectivity index (χ0) is 23.6. The van der Waals surface area contributed by atoms with Gasteiger partial charge >= 0.3 is 11.9 Å². The zero-order valence-corrected chi connectivity index (χ0v) is 18.6. The number of aliphatic hydroxyl groups is 2. The third-order valence-corrected chi connectivity index (χ3v) is 4.83. The fraction of sp³-hybridized carbons (Fsp3) is 0.583. The molecule has 1 rings (SSSR count). The molecule has 0 spiro atoms. The Morgan fingerprint density at radius 2 is 1.50 bits per heavy atom. The van der Waals surface area contributed by atoms with E-state index in [-0.39, 0.29) is 24.1 Å². The van der Waals surface area contributed by atoms with Gasteiger partial charge in [0.1, 0.15) is 12.7 Å². The highest BCUT2D eigenvalue weighted by Crippen LogP contribution is 2.25. The summed E-state index contributed by atoms with van der Waals surface area (Å²) in [6, 6.07) is 4.30. The van der Waals surface area contributed by atoms with Gasteiger partial charge in [-0.15, -0.1) is 0 Å². The number of phenols is 2. The minimum absolute atomic E-state index is 0.156. The molecule has 0 bridgehead atoms. The van der Waals surface area contributed by atoms with Crippen molar-refractivity contribution in [1.29, 1.82) is 0 Å². The van der Waals surface area contributed by atoms with Crippen molar-refractivity contribution in [3.05, 3.63) is 29.8 Å². The number of aromatic hydroxyl groups is 2. The average Bonchev–Trinajstić information content (AvgIpc) is 2.78. The monoisotopic (exact) mass is 452 g/mol. The summed E-state index contributed by atoms with van der Waals surface area (Å²) in [7, 11) is 0. The van der Waals surface area contributed by atoms with Crippen LogP contribution in [0.15, 0.2) is 24.3 Å². The zero-order valence-electron chi connectivity index (χ0n) is 18.6. The van der Waals surface area contributed by atoms with E-state index in [0.717, 1.165) is 57.8 Å². The van der Waals surface area contributed by atoms with Crippen LogP contribution >= 0.6 is 0 Å². The number of hydrogen-bond donors (Lipinski definition) is 4. The molecule has 8 heteroatoms. The van der Waals surface area contributed by atoms with Gasteiger partial charge in [0.05, 0.1) is 13.2 Å². The minimum atomic E-state index is -1.00. The molecular formula is C24H36O8. The van der Waals surface area contributed by atoms with Crippen LogP contribution in [0.2, 0.25) is 0 Å². The third kappa shape index (κ3) is 13.7. The summed E-state index contributed by atoms with van der Waals surface area (Å²) in [5, 5.41) is 36.4. The number of aliphatic hydroxyl groups excluding tert-OH is 2. The Labute approximate surface area is 189 Å². The second-order valence-electron chi connectivity index (χ2n) is 7.70. The summed E-state index contributed by atoms with van der Waals surface area (Å²) in [5.41, 5.74) is 0.593. The van der Waals surface area contributed by atoms with E-state index < -0.39 is 18.7 Å². The summed E-state index contributed by atoms with van der Waals surface area (Å²) in [6.45, 7) is -0.198. The number of rotatable bonds is 17. The van der Waals surface area contributed by atoms with Gasteiger partial charge in [-0.3, -0.25) is 4.79 Å². The summed E-state index contributed by atoms with van der Waals surface area (Å²) < 4.78 is 9.99. The van der Waals surface area contributed by atoms with E-state index in [1.807, 2.05) is 0 Å². The predicted octanol–water partition coefficient (Wildman–Crippen LogP) is 3.45. The molecule has 0 saturated heterocycles. The molecule has 1 unspecified atom stereocenters. The first-order valence-electron chi connectivity index (χ1n) is 11.2. The maximum absolute atomic E-state index is 11.7. The molecule has 8 nitrogen and oxygen atoms in total. The van der Waals surface area contributed by atoms with E-state index in [1.165, 1.54) is 24.3 Å². The van der Waals surface area contributed by atoms with Gasteiger partial charge in [-0.05, 0) is 36.6 Å². The van der Waals surface area contributed by atoms with E-state index in [1.54, 1.807) is 6.07 Å². The number of unbranched alkanes of at least 4 members (excludes halogenated alkanes) is 8. The van der Waals surface area contributed by atoms with Gasteiger partial charge in [0.2, 0.25) is 0 Å². The average molecular weight is 453 g/mol. The first-order chi connectivity index (χ1) is 15.4. The maximum atomic E-state index is 11.7. The van der Waals surface area contributed by atoms with Crippen molar-refractivity contribution in [1.82, 2.24) is 0 Å². The van der Waals surface area contributed by atoms with Crippen molar-refractivity contribution in [2.45, 2.75) is 70.3 Å². The van der Waals surface area contributed by atoms with Crippen LogP contribution in [0.4, 0.5) is 0 Å². The molecule has 0 radical (unpaired) electrons. The molecule has 1 aromatic carbocycles. The van der Waals surface area contributed by atoms with Crippen LogP contribution in [0.1, 0.15) is 69.8 Å². The van der Waals surface area contributed by atoms with Crippen molar-refractivity contribution >= 4 is 18.0 Å². The van der Waals surface area contributed by atoms with Crippen LogP contribution in [0, 0.1) is 0 Å². The lowest BCUT2D eigenvalue weighted by Gasteiger charge is -2.08. The Morgan fingerprint density at radius 3 is 2.12 bits per heavy atom. The van der Waals surface area contributed by atoms with Gasteiger partial charge in [0.15, 0.2) is 11.5 Å². The molecule has 4 N–H and O–H groups in total. The molecule has 180 valence electrons. The topological polar surface area (TPSA) is 134 Å². The standard InChI is InChI=1S/C24H36O8/c25-17-20(26)18-32-23(29)10-8-6-4-2-1-3-5-7-9-15-31-24(30)14-12-19-11-13-21(27)22(28)16-19/h11-14,16,20,25-28H,1-10,15,17-18H2. The number of ether oxygens (including phenoxy) is 2. The van der Waals surface area contributed by atoms with Crippen molar-refractivity contribution in [3.8, 4) is 11.5 Å². The van der Waals surface area contributed by atoms with Gasteiger partial charge in [-0.2, -0.15) is 0 Å². The molecule has 0 saturated carbocycles.